The molecule has 0 fully saturated rings. The summed E-state index contributed by atoms with van der Waals surface area (Å²) in [5.41, 5.74) is 1.88. The number of esters is 1. The first kappa shape index (κ1) is 16.6. The maximum Gasteiger partial charge on any atom is 0.343 e. The number of hydrogen-bond acceptors (Lipinski definition) is 5. The SMILES string of the molecule is COc1ccc(OC)c(C2=C/C(=C/c3ccccc3OC)C(=O)O2)c1. The Morgan fingerprint density at radius 1 is 0.920 bits per heavy atom. The zero-order valence-electron chi connectivity index (χ0n) is 14.2. The van der Waals surface area contributed by atoms with Gasteiger partial charge in [0.15, 0.2) is 0 Å². The summed E-state index contributed by atoms with van der Waals surface area (Å²) >= 11 is 0. The molecule has 0 amide bonds. The van der Waals surface area contributed by atoms with Gasteiger partial charge in [0.2, 0.25) is 0 Å². The van der Waals surface area contributed by atoms with E-state index in [0.717, 1.165) is 5.56 Å². The van der Waals surface area contributed by atoms with Crippen LogP contribution >= 0.6 is 0 Å². The van der Waals surface area contributed by atoms with E-state index in [9.17, 15) is 4.79 Å². The summed E-state index contributed by atoms with van der Waals surface area (Å²) in [6.07, 6.45) is 3.42. The predicted octanol–water partition coefficient (Wildman–Crippen LogP) is 3.69. The van der Waals surface area contributed by atoms with Crippen molar-refractivity contribution in [2.45, 2.75) is 0 Å². The highest BCUT2D eigenvalue weighted by atomic mass is 16.5. The first-order chi connectivity index (χ1) is 12.2. The summed E-state index contributed by atoms with van der Waals surface area (Å²) in [5, 5.41) is 0. The van der Waals surface area contributed by atoms with E-state index in [0.29, 0.717) is 34.1 Å². The summed E-state index contributed by atoms with van der Waals surface area (Å²) in [7, 11) is 4.73. The summed E-state index contributed by atoms with van der Waals surface area (Å²) in [4.78, 5) is 12.3. The van der Waals surface area contributed by atoms with Crippen LogP contribution in [0.5, 0.6) is 17.2 Å². The number of para-hydroxylation sites is 1. The number of hydrogen-bond donors (Lipinski definition) is 0. The molecular formula is C20H18O5. The van der Waals surface area contributed by atoms with E-state index in [4.69, 9.17) is 18.9 Å². The van der Waals surface area contributed by atoms with Crippen molar-refractivity contribution < 1.29 is 23.7 Å². The van der Waals surface area contributed by atoms with Gasteiger partial charge in [-0.25, -0.2) is 4.79 Å². The van der Waals surface area contributed by atoms with Crippen molar-refractivity contribution in [3.8, 4) is 17.2 Å². The fraction of sp³-hybridized carbons (Fsp3) is 0.150. The maximum absolute atomic E-state index is 12.3. The first-order valence-electron chi connectivity index (χ1n) is 7.67. The summed E-state index contributed by atoms with van der Waals surface area (Å²) < 4.78 is 21.3. The number of carbonyl (C=O) groups excluding carboxylic acids is 1. The minimum Gasteiger partial charge on any atom is -0.497 e. The monoisotopic (exact) mass is 338 g/mol. The molecule has 0 atom stereocenters. The standard InChI is InChI=1S/C20H18O5/c1-22-15-8-9-18(24-3)16(12-15)19-11-14(20(21)25-19)10-13-6-4-5-7-17(13)23-2/h4-12H,1-3H3/b14-10-. The fourth-order valence-electron chi connectivity index (χ4n) is 2.58. The largest absolute Gasteiger partial charge is 0.497 e. The zero-order chi connectivity index (χ0) is 17.8. The van der Waals surface area contributed by atoms with Gasteiger partial charge in [0.1, 0.15) is 23.0 Å². The molecule has 5 nitrogen and oxygen atoms in total. The van der Waals surface area contributed by atoms with Gasteiger partial charge in [-0.1, -0.05) is 18.2 Å². The van der Waals surface area contributed by atoms with Crippen molar-refractivity contribution in [2.75, 3.05) is 21.3 Å². The molecule has 2 aromatic rings. The number of ether oxygens (including phenoxy) is 4. The van der Waals surface area contributed by atoms with Gasteiger partial charge in [-0.15, -0.1) is 0 Å². The zero-order valence-corrected chi connectivity index (χ0v) is 14.2. The van der Waals surface area contributed by atoms with Crippen molar-refractivity contribution in [3.05, 3.63) is 65.2 Å². The highest BCUT2D eigenvalue weighted by Crippen LogP contribution is 2.35. The second-order valence-corrected chi connectivity index (χ2v) is 5.31. The highest BCUT2D eigenvalue weighted by Gasteiger charge is 2.25. The molecule has 1 heterocycles. The lowest BCUT2D eigenvalue weighted by molar-refractivity contribution is -0.130. The third-order valence-electron chi connectivity index (χ3n) is 3.85. The molecule has 0 N–H and O–H groups in total. The average molecular weight is 338 g/mol. The fourth-order valence-corrected chi connectivity index (χ4v) is 2.58. The summed E-state index contributed by atoms with van der Waals surface area (Å²) in [6, 6.07) is 12.8. The molecule has 5 heteroatoms. The Morgan fingerprint density at radius 2 is 1.68 bits per heavy atom. The Kier molecular flexibility index (Phi) is 4.75. The molecule has 0 saturated carbocycles. The lowest BCUT2D eigenvalue weighted by Crippen LogP contribution is -1.99. The average Bonchev–Trinajstić information content (AvgIpc) is 3.02. The molecule has 0 spiro atoms. The van der Waals surface area contributed by atoms with Crippen molar-refractivity contribution >= 4 is 17.8 Å². The Morgan fingerprint density at radius 3 is 2.40 bits per heavy atom. The van der Waals surface area contributed by atoms with E-state index >= 15 is 0 Å². The van der Waals surface area contributed by atoms with Crippen LogP contribution in [0.25, 0.3) is 11.8 Å². The van der Waals surface area contributed by atoms with Crippen molar-refractivity contribution in [2.24, 2.45) is 0 Å². The van der Waals surface area contributed by atoms with Crippen LogP contribution in [0.2, 0.25) is 0 Å². The molecule has 3 rings (SSSR count). The number of rotatable bonds is 5. The molecule has 0 aromatic heterocycles. The van der Waals surface area contributed by atoms with Gasteiger partial charge in [-0.2, -0.15) is 0 Å². The third-order valence-corrected chi connectivity index (χ3v) is 3.85. The van der Waals surface area contributed by atoms with Crippen LogP contribution in [0, 0.1) is 0 Å². The molecule has 25 heavy (non-hydrogen) atoms. The Bertz CT molecular complexity index is 864. The minimum atomic E-state index is -0.425. The number of cyclic esters (lactones) is 1. The quantitative estimate of drug-likeness (QED) is 0.615. The smallest absolute Gasteiger partial charge is 0.343 e. The van der Waals surface area contributed by atoms with E-state index in [1.165, 1.54) is 0 Å². The molecule has 0 aliphatic carbocycles. The van der Waals surface area contributed by atoms with Gasteiger partial charge in [0, 0.05) is 5.56 Å². The van der Waals surface area contributed by atoms with Gasteiger partial charge in [0.25, 0.3) is 0 Å². The molecular weight excluding hydrogens is 320 g/mol. The Hall–Kier alpha value is -3.21. The molecule has 1 aliphatic rings. The van der Waals surface area contributed by atoms with Gasteiger partial charge in [0.05, 0.1) is 32.5 Å². The second kappa shape index (κ2) is 7.13. The summed E-state index contributed by atoms with van der Waals surface area (Å²) in [5.74, 6) is 1.92. The highest BCUT2D eigenvalue weighted by molar-refractivity contribution is 6.05. The van der Waals surface area contributed by atoms with Crippen LogP contribution in [-0.4, -0.2) is 27.3 Å². The minimum absolute atomic E-state index is 0.418. The lowest BCUT2D eigenvalue weighted by Gasteiger charge is -2.10. The topological polar surface area (TPSA) is 54.0 Å². The van der Waals surface area contributed by atoms with Crippen LogP contribution in [0.15, 0.2) is 54.1 Å². The Labute approximate surface area is 146 Å². The van der Waals surface area contributed by atoms with E-state index in [1.807, 2.05) is 24.3 Å². The molecule has 128 valence electrons. The number of methoxy groups -OCH3 is 3. The van der Waals surface area contributed by atoms with Crippen molar-refractivity contribution in [3.63, 3.8) is 0 Å². The van der Waals surface area contributed by atoms with E-state index in [2.05, 4.69) is 0 Å². The van der Waals surface area contributed by atoms with Crippen LogP contribution in [0.3, 0.4) is 0 Å². The molecule has 0 unspecified atom stereocenters. The molecule has 0 bridgehead atoms. The molecule has 0 saturated heterocycles. The van der Waals surface area contributed by atoms with Gasteiger partial charge in [-0.3, -0.25) is 0 Å². The number of benzene rings is 2. The van der Waals surface area contributed by atoms with Crippen molar-refractivity contribution in [1.29, 1.82) is 0 Å². The van der Waals surface area contributed by atoms with E-state index < -0.39 is 5.97 Å². The molecule has 2 aromatic carbocycles. The summed E-state index contributed by atoms with van der Waals surface area (Å²) in [6.45, 7) is 0. The van der Waals surface area contributed by atoms with Crippen LogP contribution < -0.4 is 14.2 Å². The normalized spacial score (nSPS) is 14.9. The Balaban J connectivity index is 2.02. The van der Waals surface area contributed by atoms with Crippen LogP contribution in [0.1, 0.15) is 11.1 Å². The molecule has 0 radical (unpaired) electrons. The van der Waals surface area contributed by atoms with Crippen LogP contribution in [0.4, 0.5) is 0 Å². The lowest BCUT2D eigenvalue weighted by atomic mass is 10.1. The maximum atomic E-state index is 12.3. The van der Waals surface area contributed by atoms with Gasteiger partial charge >= 0.3 is 5.97 Å². The van der Waals surface area contributed by atoms with Gasteiger partial charge in [-0.05, 0) is 36.4 Å². The van der Waals surface area contributed by atoms with Gasteiger partial charge < -0.3 is 18.9 Å². The second-order valence-electron chi connectivity index (χ2n) is 5.31. The van der Waals surface area contributed by atoms with Crippen molar-refractivity contribution in [1.82, 2.24) is 0 Å². The molecule has 1 aliphatic heterocycles. The van der Waals surface area contributed by atoms with E-state index in [1.54, 1.807) is 51.7 Å². The van der Waals surface area contributed by atoms with Crippen LogP contribution in [-0.2, 0) is 9.53 Å². The predicted molar refractivity (Wildman–Crippen MR) is 94.6 cm³/mol. The van der Waals surface area contributed by atoms with E-state index in [-0.39, 0.29) is 0 Å². The first-order valence-corrected chi connectivity index (χ1v) is 7.67. The third kappa shape index (κ3) is 3.35. The number of carbonyl (C=O) groups is 1.